The van der Waals surface area contributed by atoms with Crippen LogP contribution in [-0.4, -0.2) is 36.8 Å². The quantitative estimate of drug-likeness (QED) is 0.274. The van der Waals surface area contributed by atoms with Gasteiger partial charge in [0.15, 0.2) is 16.7 Å². The number of nitrogens with one attached hydrogen (secondary N) is 1. The van der Waals surface area contributed by atoms with E-state index in [1.165, 1.54) is 11.3 Å². The van der Waals surface area contributed by atoms with Gasteiger partial charge >= 0.3 is 0 Å². The molecule has 0 bridgehead atoms. The highest BCUT2D eigenvalue weighted by molar-refractivity contribution is 7.98. The zero-order chi connectivity index (χ0) is 24.0. The molecule has 0 amide bonds. The molecule has 35 heavy (non-hydrogen) atoms. The molecule has 2 atom stereocenters. The number of nitrogens with zero attached hydrogens (tertiary/aromatic N) is 4. The minimum Gasteiger partial charge on any atom is -0.482 e. The number of thioether (sulfide) groups is 1. The van der Waals surface area contributed by atoms with Gasteiger partial charge in [-0.25, -0.2) is 9.97 Å². The molecule has 0 spiro atoms. The predicted octanol–water partition coefficient (Wildman–Crippen LogP) is 4.85. The van der Waals surface area contributed by atoms with Gasteiger partial charge in [0.05, 0.1) is 18.0 Å². The smallest absolute Gasteiger partial charge is 0.188 e. The molecule has 0 radical (unpaired) electrons. The summed E-state index contributed by atoms with van der Waals surface area (Å²) in [5, 5.41) is 24.6. The lowest BCUT2D eigenvalue weighted by Crippen LogP contribution is -2.17. The molecule has 4 aromatic heterocycles. The number of rotatable bonds is 9. The Bertz CT molecular complexity index is 1270. The average Bonchev–Trinajstić information content (AvgIpc) is 3.38. The van der Waals surface area contributed by atoms with Crippen LogP contribution in [0.5, 0.6) is 5.75 Å². The number of hydrogen-bond acceptors (Lipinski definition) is 10. The number of pyridine rings is 3. The van der Waals surface area contributed by atoms with Crippen molar-refractivity contribution >= 4 is 34.0 Å². The number of ether oxygens (including phenoxy) is 1. The van der Waals surface area contributed by atoms with Crippen molar-refractivity contribution in [2.24, 2.45) is 0 Å². The van der Waals surface area contributed by atoms with Crippen LogP contribution in [0, 0.1) is 0 Å². The first-order valence-electron chi connectivity index (χ1n) is 11.3. The van der Waals surface area contributed by atoms with Gasteiger partial charge in [-0.05, 0) is 43.5 Å². The molecule has 5 rings (SSSR count). The van der Waals surface area contributed by atoms with Gasteiger partial charge in [-0.2, -0.15) is 0 Å². The van der Waals surface area contributed by atoms with E-state index in [9.17, 15) is 10.2 Å². The fourth-order valence-corrected chi connectivity index (χ4v) is 5.42. The molecule has 4 aromatic rings. The topological polar surface area (TPSA) is 113 Å². The third-order valence-electron chi connectivity index (χ3n) is 5.62. The fourth-order valence-electron chi connectivity index (χ4n) is 3.86. The summed E-state index contributed by atoms with van der Waals surface area (Å²) in [6.07, 6.45) is 7.15. The van der Waals surface area contributed by atoms with Crippen LogP contribution in [-0.2, 0) is 12.2 Å². The Morgan fingerprint density at radius 1 is 1.17 bits per heavy atom. The second-order valence-corrected chi connectivity index (χ2v) is 9.97. The highest BCUT2D eigenvalue weighted by Crippen LogP contribution is 2.38. The van der Waals surface area contributed by atoms with E-state index >= 15 is 0 Å². The third kappa shape index (κ3) is 5.79. The van der Waals surface area contributed by atoms with E-state index in [0.717, 1.165) is 46.9 Å². The van der Waals surface area contributed by atoms with Gasteiger partial charge in [-0.3, -0.25) is 9.97 Å². The van der Waals surface area contributed by atoms with Gasteiger partial charge in [-0.1, -0.05) is 12.1 Å². The summed E-state index contributed by atoms with van der Waals surface area (Å²) < 4.78 is 6.55. The molecule has 2 unspecified atom stereocenters. The highest BCUT2D eigenvalue weighted by atomic mass is 32.2. The molecule has 8 nitrogen and oxygen atoms in total. The Morgan fingerprint density at radius 3 is 2.94 bits per heavy atom. The molecule has 10 heteroatoms. The van der Waals surface area contributed by atoms with E-state index in [4.69, 9.17) is 4.74 Å². The Labute approximate surface area is 211 Å². The second kappa shape index (κ2) is 11.1. The summed E-state index contributed by atoms with van der Waals surface area (Å²) >= 11 is 2.97. The van der Waals surface area contributed by atoms with E-state index in [0.29, 0.717) is 22.4 Å². The Balaban J connectivity index is 1.41. The first-order chi connectivity index (χ1) is 17.2. The van der Waals surface area contributed by atoms with Crippen LogP contribution < -0.4 is 10.1 Å². The van der Waals surface area contributed by atoms with Crippen LogP contribution in [0.3, 0.4) is 0 Å². The molecule has 1 aliphatic carbocycles. The van der Waals surface area contributed by atoms with E-state index < -0.39 is 6.10 Å². The SMILES string of the molecule is OCC(O)c1csc(Nc2ncc(SCc3ccccn3)cc2OC2CCCc3ncccc32)n1. The number of aliphatic hydroxyl groups excluding tert-OH is 2. The van der Waals surface area contributed by atoms with Crippen LogP contribution >= 0.6 is 23.1 Å². The van der Waals surface area contributed by atoms with Crippen LogP contribution in [0.25, 0.3) is 0 Å². The Kier molecular flexibility index (Phi) is 7.53. The van der Waals surface area contributed by atoms with Crippen LogP contribution in [0.1, 0.15) is 47.7 Å². The molecule has 0 aliphatic heterocycles. The minimum absolute atomic E-state index is 0.117. The fraction of sp³-hybridized carbons (Fsp3) is 0.280. The maximum atomic E-state index is 9.87. The normalized spacial score (nSPS) is 15.9. The largest absolute Gasteiger partial charge is 0.482 e. The third-order valence-corrected chi connectivity index (χ3v) is 7.40. The van der Waals surface area contributed by atoms with Crippen molar-refractivity contribution in [1.29, 1.82) is 0 Å². The first-order valence-corrected chi connectivity index (χ1v) is 13.2. The summed E-state index contributed by atoms with van der Waals surface area (Å²) in [5.74, 6) is 1.89. The zero-order valence-electron chi connectivity index (χ0n) is 18.9. The average molecular weight is 508 g/mol. The van der Waals surface area contributed by atoms with Gasteiger partial charge in [0, 0.05) is 45.9 Å². The number of anilines is 2. The molecule has 1 aliphatic rings. The van der Waals surface area contributed by atoms with Crippen molar-refractivity contribution < 1.29 is 14.9 Å². The monoisotopic (exact) mass is 507 g/mol. The number of hydrogen-bond donors (Lipinski definition) is 3. The summed E-state index contributed by atoms with van der Waals surface area (Å²) in [6.45, 7) is -0.382. The van der Waals surface area contributed by atoms with Crippen molar-refractivity contribution in [2.75, 3.05) is 11.9 Å². The van der Waals surface area contributed by atoms with Gasteiger partial charge in [0.2, 0.25) is 0 Å². The van der Waals surface area contributed by atoms with Crippen molar-refractivity contribution in [1.82, 2.24) is 19.9 Å². The maximum Gasteiger partial charge on any atom is 0.188 e. The number of aliphatic hydroxyl groups is 2. The molecule has 3 N–H and O–H groups in total. The second-order valence-electron chi connectivity index (χ2n) is 8.07. The van der Waals surface area contributed by atoms with Crippen LogP contribution in [0.2, 0.25) is 0 Å². The lowest BCUT2D eigenvalue weighted by Gasteiger charge is -2.26. The van der Waals surface area contributed by atoms with Crippen LogP contribution in [0.15, 0.2) is 65.3 Å². The zero-order valence-corrected chi connectivity index (χ0v) is 20.5. The van der Waals surface area contributed by atoms with Gasteiger partial charge < -0.3 is 20.3 Å². The Morgan fingerprint density at radius 2 is 2.09 bits per heavy atom. The lowest BCUT2D eigenvalue weighted by molar-refractivity contribution is 0.0928. The number of aryl methyl sites for hydroxylation is 1. The predicted molar refractivity (Wildman–Crippen MR) is 136 cm³/mol. The van der Waals surface area contributed by atoms with Crippen molar-refractivity contribution in [3.8, 4) is 5.75 Å². The number of aromatic nitrogens is 4. The number of thiazole rings is 1. The van der Waals surface area contributed by atoms with E-state index in [1.807, 2.05) is 36.5 Å². The van der Waals surface area contributed by atoms with E-state index in [1.54, 1.807) is 29.5 Å². The van der Waals surface area contributed by atoms with Gasteiger partial charge in [0.25, 0.3) is 0 Å². The summed E-state index contributed by atoms with van der Waals surface area (Å²) in [6, 6.07) is 11.9. The number of fused-ring (bicyclic) bond motifs is 1. The lowest BCUT2D eigenvalue weighted by atomic mass is 9.93. The van der Waals surface area contributed by atoms with Crippen molar-refractivity contribution in [2.45, 2.75) is 42.1 Å². The summed E-state index contributed by atoms with van der Waals surface area (Å²) in [7, 11) is 0. The molecule has 0 fully saturated rings. The Hall–Kier alpha value is -3.05. The van der Waals surface area contributed by atoms with Gasteiger partial charge in [-0.15, -0.1) is 23.1 Å². The highest BCUT2D eigenvalue weighted by Gasteiger charge is 2.24. The molecule has 4 heterocycles. The molecule has 0 saturated carbocycles. The standard InChI is InChI=1S/C25H25N5O3S2/c31-13-21(32)20-15-35-25(29-20)30-24-23(33-22-8-3-7-19-18(22)6-4-10-27-19)11-17(12-28-24)34-14-16-5-1-2-9-26-16/h1-2,4-6,9-12,15,21-22,31-32H,3,7-8,13-14H2,(H,28,29,30). The summed E-state index contributed by atoms with van der Waals surface area (Å²) in [4.78, 5) is 18.9. The maximum absolute atomic E-state index is 9.87. The molecule has 180 valence electrons. The van der Waals surface area contributed by atoms with E-state index in [2.05, 4.69) is 31.3 Å². The van der Waals surface area contributed by atoms with Crippen LogP contribution in [0.4, 0.5) is 10.9 Å². The first kappa shape index (κ1) is 23.7. The molecule has 0 aromatic carbocycles. The summed E-state index contributed by atoms with van der Waals surface area (Å²) in [5.41, 5.74) is 3.60. The van der Waals surface area contributed by atoms with Crippen molar-refractivity contribution in [3.63, 3.8) is 0 Å². The minimum atomic E-state index is -1.01. The molecular weight excluding hydrogens is 482 g/mol. The van der Waals surface area contributed by atoms with Gasteiger partial charge in [0.1, 0.15) is 12.2 Å². The molecule has 0 saturated heterocycles. The van der Waals surface area contributed by atoms with Crippen molar-refractivity contribution in [3.05, 3.63) is 83.0 Å². The van der Waals surface area contributed by atoms with E-state index in [-0.39, 0.29) is 12.7 Å². The molecular formula is C25H25N5O3S2.